The predicted molar refractivity (Wildman–Crippen MR) is 80.3 cm³/mol. The molecule has 3 N–H and O–H groups in total. The lowest BCUT2D eigenvalue weighted by atomic mass is 10.3. The summed E-state index contributed by atoms with van der Waals surface area (Å²) in [5.74, 6) is 0.285. The Labute approximate surface area is 124 Å². The molecule has 114 valence electrons. The summed E-state index contributed by atoms with van der Waals surface area (Å²) in [6, 6.07) is 5.40. The number of nitrogens with zero attached hydrogens (tertiary/aromatic N) is 2. The molecule has 2 heterocycles. The number of aromatic nitrogens is 3. The number of rotatable bonds is 6. The van der Waals surface area contributed by atoms with Gasteiger partial charge in [0.25, 0.3) is 10.0 Å². The van der Waals surface area contributed by atoms with Crippen molar-refractivity contribution in [3.63, 3.8) is 0 Å². The maximum absolute atomic E-state index is 12.4. The SMILES string of the molecule is Cc1cccc(NS(=O)(=O)c2[nH]ncc2CNC(C)C)n1. The van der Waals surface area contributed by atoms with Gasteiger partial charge in [-0.1, -0.05) is 19.9 Å². The highest BCUT2D eigenvalue weighted by Gasteiger charge is 2.21. The number of aryl methyl sites for hydroxylation is 1. The summed E-state index contributed by atoms with van der Waals surface area (Å²) >= 11 is 0. The number of hydrogen-bond donors (Lipinski definition) is 3. The van der Waals surface area contributed by atoms with E-state index in [0.717, 1.165) is 5.69 Å². The summed E-state index contributed by atoms with van der Waals surface area (Å²) < 4.78 is 27.2. The monoisotopic (exact) mass is 309 g/mol. The molecule has 0 aliphatic rings. The third-order valence-electron chi connectivity index (χ3n) is 2.77. The maximum Gasteiger partial charge on any atom is 0.280 e. The molecule has 0 bridgehead atoms. The summed E-state index contributed by atoms with van der Waals surface area (Å²) in [5.41, 5.74) is 1.32. The van der Waals surface area contributed by atoms with Crippen LogP contribution in [0.1, 0.15) is 25.1 Å². The van der Waals surface area contributed by atoms with E-state index in [1.54, 1.807) is 25.1 Å². The van der Waals surface area contributed by atoms with Crippen molar-refractivity contribution in [1.82, 2.24) is 20.5 Å². The van der Waals surface area contributed by atoms with E-state index < -0.39 is 10.0 Å². The number of sulfonamides is 1. The van der Waals surface area contributed by atoms with Gasteiger partial charge in [-0.2, -0.15) is 13.5 Å². The second kappa shape index (κ2) is 6.23. The molecular weight excluding hydrogens is 290 g/mol. The smallest absolute Gasteiger partial charge is 0.280 e. The van der Waals surface area contributed by atoms with Crippen molar-refractivity contribution in [1.29, 1.82) is 0 Å². The van der Waals surface area contributed by atoms with Crippen molar-refractivity contribution < 1.29 is 8.42 Å². The minimum atomic E-state index is -3.74. The Hall–Kier alpha value is -1.93. The Morgan fingerprint density at radius 3 is 2.76 bits per heavy atom. The van der Waals surface area contributed by atoms with Crippen LogP contribution in [0.25, 0.3) is 0 Å². The molecule has 0 saturated heterocycles. The standard InChI is InChI=1S/C13H19N5O2S/c1-9(2)14-7-11-8-15-17-13(11)21(19,20)18-12-6-4-5-10(3)16-12/h4-6,8-9,14H,7H2,1-3H3,(H,15,17)(H,16,18). The average Bonchev–Trinajstić information content (AvgIpc) is 2.85. The van der Waals surface area contributed by atoms with Gasteiger partial charge in [0.2, 0.25) is 0 Å². The quantitative estimate of drug-likeness (QED) is 0.749. The molecular formula is C13H19N5O2S. The molecule has 0 unspecified atom stereocenters. The van der Waals surface area contributed by atoms with E-state index >= 15 is 0 Å². The van der Waals surface area contributed by atoms with Crippen LogP contribution in [-0.4, -0.2) is 29.6 Å². The minimum Gasteiger partial charge on any atom is -0.310 e. The number of H-pyrrole nitrogens is 1. The van der Waals surface area contributed by atoms with Gasteiger partial charge in [-0.05, 0) is 19.1 Å². The van der Waals surface area contributed by atoms with Gasteiger partial charge in [0.1, 0.15) is 5.82 Å². The van der Waals surface area contributed by atoms with Crippen molar-refractivity contribution in [2.24, 2.45) is 0 Å². The fourth-order valence-corrected chi connectivity index (χ4v) is 2.89. The van der Waals surface area contributed by atoms with Crippen LogP contribution in [-0.2, 0) is 16.6 Å². The first-order valence-corrected chi connectivity index (χ1v) is 8.09. The lowest BCUT2D eigenvalue weighted by Gasteiger charge is -2.10. The van der Waals surface area contributed by atoms with Gasteiger partial charge >= 0.3 is 0 Å². The molecule has 0 amide bonds. The highest BCUT2D eigenvalue weighted by Crippen LogP contribution is 2.16. The molecule has 21 heavy (non-hydrogen) atoms. The number of anilines is 1. The first kappa shape index (κ1) is 15.5. The van der Waals surface area contributed by atoms with Gasteiger partial charge < -0.3 is 5.32 Å². The van der Waals surface area contributed by atoms with Crippen LogP contribution < -0.4 is 10.0 Å². The average molecular weight is 309 g/mol. The summed E-state index contributed by atoms with van der Waals surface area (Å²) in [4.78, 5) is 4.13. The lowest BCUT2D eigenvalue weighted by Crippen LogP contribution is -2.23. The third kappa shape index (κ3) is 4.02. The fourth-order valence-electron chi connectivity index (χ4n) is 1.76. The Morgan fingerprint density at radius 2 is 2.10 bits per heavy atom. The Kier molecular flexibility index (Phi) is 4.59. The third-order valence-corrected chi connectivity index (χ3v) is 4.14. The van der Waals surface area contributed by atoms with Crippen LogP contribution in [0.3, 0.4) is 0 Å². The number of hydrogen-bond acceptors (Lipinski definition) is 5. The van der Waals surface area contributed by atoms with Gasteiger partial charge in [-0.25, -0.2) is 4.98 Å². The van der Waals surface area contributed by atoms with E-state index in [9.17, 15) is 8.42 Å². The predicted octanol–water partition coefficient (Wildman–Crippen LogP) is 1.41. The van der Waals surface area contributed by atoms with Gasteiger partial charge in [-0.15, -0.1) is 0 Å². The Morgan fingerprint density at radius 1 is 1.33 bits per heavy atom. The molecule has 0 aromatic carbocycles. The van der Waals surface area contributed by atoms with Crippen molar-refractivity contribution in [2.75, 3.05) is 4.72 Å². The molecule has 8 heteroatoms. The Balaban J connectivity index is 2.22. The van der Waals surface area contributed by atoms with E-state index in [2.05, 4.69) is 25.2 Å². The van der Waals surface area contributed by atoms with Gasteiger partial charge in [0.05, 0.1) is 6.20 Å². The first-order chi connectivity index (χ1) is 9.88. The van der Waals surface area contributed by atoms with Crippen LogP contribution >= 0.6 is 0 Å². The second-order valence-corrected chi connectivity index (χ2v) is 6.65. The fraction of sp³-hybridized carbons (Fsp3) is 0.385. The van der Waals surface area contributed by atoms with E-state index in [-0.39, 0.29) is 16.9 Å². The lowest BCUT2D eigenvalue weighted by molar-refractivity contribution is 0.574. The molecule has 2 rings (SSSR count). The molecule has 0 radical (unpaired) electrons. The number of aromatic amines is 1. The van der Waals surface area contributed by atoms with Crippen LogP contribution in [0, 0.1) is 6.92 Å². The molecule has 0 spiro atoms. The Bertz CT molecular complexity index is 709. The molecule has 0 aliphatic carbocycles. The van der Waals surface area contributed by atoms with Gasteiger partial charge in [0.15, 0.2) is 5.03 Å². The van der Waals surface area contributed by atoms with E-state index in [1.165, 1.54) is 6.20 Å². The topological polar surface area (TPSA) is 99.8 Å². The van der Waals surface area contributed by atoms with Gasteiger partial charge in [-0.3, -0.25) is 9.82 Å². The highest BCUT2D eigenvalue weighted by atomic mass is 32.2. The van der Waals surface area contributed by atoms with Crippen LogP contribution in [0.5, 0.6) is 0 Å². The van der Waals surface area contributed by atoms with Crippen molar-refractivity contribution in [2.45, 2.75) is 38.4 Å². The second-order valence-electron chi connectivity index (χ2n) is 5.03. The summed E-state index contributed by atoms with van der Waals surface area (Å²) in [6.07, 6.45) is 1.51. The summed E-state index contributed by atoms with van der Waals surface area (Å²) in [6.45, 7) is 6.20. The molecule has 0 aliphatic heterocycles. The zero-order valence-electron chi connectivity index (χ0n) is 12.2. The molecule has 0 fully saturated rings. The van der Waals surface area contributed by atoms with Crippen LogP contribution in [0.4, 0.5) is 5.82 Å². The highest BCUT2D eigenvalue weighted by molar-refractivity contribution is 7.92. The first-order valence-electron chi connectivity index (χ1n) is 6.60. The molecule has 0 saturated carbocycles. The zero-order chi connectivity index (χ0) is 15.5. The summed E-state index contributed by atoms with van der Waals surface area (Å²) in [5, 5.41) is 9.58. The largest absolute Gasteiger partial charge is 0.310 e. The maximum atomic E-state index is 12.4. The normalized spacial score (nSPS) is 11.8. The van der Waals surface area contributed by atoms with E-state index in [0.29, 0.717) is 12.1 Å². The number of pyridine rings is 1. The number of nitrogens with one attached hydrogen (secondary N) is 3. The van der Waals surface area contributed by atoms with E-state index in [1.807, 2.05) is 13.8 Å². The van der Waals surface area contributed by atoms with E-state index in [4.69, 9.17) is 0 Å². The molecule has 7 nitrogen and oxygen atoms in total. The minimum absolute atomic E-state index is 0.0546. The van der Waals surface area contributed by atoms with Crippen molar-refractivity contribution in [3.05, 3.63) is 35.7 Å². The molecule has 2 aromatic rings. The van der Waals surface area contributed by atoms with Crippen molar-refractivity contribution in [3.8, 4) is 0 Å². The van der Waals surface area contributed by atoms with Crippen LogP contribution in [0.15, 0.2) is 29.4 Å². The zero-order valence-corrected chi connectivity index (χ0v) is 13.0. The molecule has 2 aromatic heterocycles. The van der Waals surface area contributed by atoms with Crippen LogP contribution in [0.2, 0.25) is 0 Å². The molecule has 0 atom stereocenters. The summed E-state index contributed by atoms with van der Waals surface area (Å²) in [7, 11) is -3.74. The van der Waals surface area contributed by atoms with Crippen molar-refractivity contribution >= 4 is 15.8 Å². The van der Waals surface area contributed by atoms with Gasteiger partial charge in [0, 0.05) is 23.8 Å².